The van der Waals surface area contributed by atoms with Crippen LogP contribution < -0.4 is 9.46 Å². The largest absolute Gasteiger partial charge is 0.495 e. The Bertz CT molecular complexity index is 451. The number of pyridine rings is 1. The van der Waals surface area contributed by atoms with Gasteiger partial charge in [0, 0.05) is 5.56 Å². The molecule has 0 bridgehead atoms. The first-order valence-electron chi connectivity index (χ1n) is 4.03. The highest BCUT2D eigenvalue weighted by molar-refractivity contribution is 7.92. The summed E-state index contributed by atoms with van der Waals surface area (Å²) in [5, 5.41) is 0. The van der Waals surface area contributed by atoms with E-state index in [0.29, 0.717) is 11.3 Å². The molecule has 0 aliphatic heterocycles. The molecule has 92 valence electrons. The lowest BCUT2D eigenvalue weighted by atomic mass is 10.3. The van der Waals surface area contributed by atoms with Crippen LogP contribution in [0.25, 0.3) is 0 Å². The van der Waals surface area contributed by atoms with Crippen molar-refractivity contribution in [2.75, 3.05) is 18.1 Å². The van der Waals surface area contributed by atoms with Crippen LogP contribution in [0.5, 0.6) is 5.75 Å². The average molecular weight is 287 g/mol. The van der Waals surface area contributed by atoms with E-state index in [1.165, 1.54) is 19.4 Å². The maximum atomic E-state index is 10.9. The van der Waals surface area contributed by atoms with Crippen LogP contribution in [-0.4, -0.2) is 26.8 Å². The van der Waals surface area contributed by atoms with Crippen molar-refractivity contribution in [1.82, 2.24) is 4.98 Å². The first-order chi connectivity index (χ1) is 6.96. The van der Waals surface area contributed by atoms with Crippen molar-refractivity contribution in [3.05, 3.63) is 17.8 Å². The highest BCUT2D eigenvalue weighted by atomic mass is 35.5. The number of sulfonamides is 1. The van der Waals surface area contributed by atoms with Gasteiger partial charge < -0.3 is 4.74 Å². The van der Waals surface area contributed by atoms with E-state index < -0.39 is 10.0 Å². The van der Waals surface area contributed by atoms with Crippen LogP contribution in [0.2, 0.25) is 0 Å². The van der Waals surface area contributed by atoms with Crippen molar-refractivity contribution in [1.29, 1.82) is 0 Å². The fourth-order valence-corrected chi connectivity index (χ4v) is 1.72. The smallest absolute Gasteiger partial charge is 0.230 e. The number of rotatable bonds is 4. The van der Waals surface area contributed by atoms with Gasteiger partial charge in [0.1, 0.15) is 11.6 Å². The average Bonchev–Trinajstić information content (AvgIpc) is 2.15. The Morgan fingerprint density at radius 1 is 1.56 bits per heavy atom. The second-order valence-corrected chi connectivity index (χ2v) is 4.90. The van der Waals surface area contributed by atoms with E-state index in [4.69, 9.17) is 16.3 Å². The standard InChI is InChI=1S/C8H11ClN2O3S.ClH/c1-14-7-5-10-8(3-6(7)4-9)11-15(2,12)13;/h3,5H,4H2,1-2H3,(H,10,11);1H. The van der Waals surface area contributed by atoms with Crippen LogP contribution in [0, 0.1) is 0 Å². The Morgan fingerprint density at radius 3 is 2.62 bits per heavy atom. The number of methoxy groups -OCH3 is 1. The predicted molar refractivity (Wildman–Crippen MR) is 66.1 cm³/mol. The molecular formula is C8H12Cl2N2O3S. The van der Waals surface area contributed by atoms with Gasteiger partial charge in [-0.3, -0.25) is 4.72 Å². The molecule has 0 aliphatic rings. The van der Waals surface area contributed by atoms with Crippen molar-refractivity contribution in [3.8, 4) is 5.75 Å². The predicted octanol–water partition coefficient (Wildman–Crippen LogP) is 1.62. The van der Waals surface area contributed by atoms with E-state index in [-0.39, 0.29) is 24.1 Å². The summed E-state index contributed by atoms with van der Waals surface area (Å²) < 4.78 is 29.1. The Balaban J connectivity index is 0.00000225. The summed E-state index contributed by atoms with van der Waals surface area (Å²) in [6.45, 7) is 0. The quantitative estimate of drug-likeness (QED) is 0.854. The van der Waals surface area contributed by atoms with Crippen molar-refractivity contribution >= 4 is 39.8 Å². The molecule has 0 saturated carbocycles. The molecular weight excluding hydrogens is 275 g/mol. The Hall–Kier alpha value is -0.720. The number of hydrogen-bond donors (Lipinski definition) is 1. The zero-order valence-corrected chi connectivity index (χ0v) is 11.1. The van der Waals surface area contributed by atoms with Gasteiger partial charge in [-0.1, -0.05) is 0 Å². The molecule has 0 unspecified atom stereocenters. The van der Waals surface area contributed by atoms with Crippen LogP contribution in [0.15, 0.2) is 12.3 Å². The van der Waals surface area contributed by atoms with E-state index in [2.05, 4.69) is 9.71 Å². The van der Waals surface area contributed by atoms with Crippen LogP contribution in [-0.2, 0) is 15.9 Å². The van der Waals surface area contributed by atoms with Crippen molar-refractivity contribution in [2.45, 2.75) is 5.88 Å². The van der Waals surface area contributed by atoms with Gasteiger partial charge in [-0.15, -0.1) is 24.0 Å². The fraction of sp³-hybridized carbons (Fsp3) is 0.375. The maximum Gasteiger partial charge on any atom is 0.230 e. The summed E-state index contributed by atoms with van der Waals surface area (Å²) in [7, 11) is -1.82. The second-order valence-electron chi connectivity index (χ2n) is 2.89. The van der Waals surface area contributed by atoms with Gasteiger partial charge in [0.15, 0.2) is 0 Å². The molecule has 0 fully saturated rings. The zero-order chi connectivity index (χ0) is 11.5. The molecule has 1 aromatic rings. The molecule has 0 atom stereocenters. The molecule has 1 heterocycles. The second kappa shape index (κ2) is 6.12. The molecule has 1 aromatic heterocycles. The van der Waals surface area contributed by atoms with Crippen LogP contribution >= 0.6 is 24.0 Å². The third-order valence-corrected chi connectivity index (χ3v) is 2.47. The molecule has 5 nitrogen and oxygen atoms in total. The van der Waals surface area contributed by atoms with Gasteiger partial charge in [0.25, 0.3) is 0 Å². The normalized spacial score (nSPS) is 10.4. The monoisotopic (exact) mass is 286 g/mol. The summed E-state index contributed by atoms with van der Waals surface area (Å²) in [6.07, 6.45) is 2.48. The molecule has 16 heavy (non-hydrogen) atoms. The van der Waals surface area contributed by atoms with Crippen LogP contribution in [0.1, 0.15) is 5.56 Å². The number of aromatic nitrogens is 1. The maximum absolute atomic E-state index is 10.9. The minimum absolute atomic E-state index is 0. The molecule has 0 aromatic carbocycles. The van der Waals surface area contributed by atoms with E-state index in [1.54, 1.807) is 0 Å². The molecule has 0 spiro atoms. The van der Waals surface area contributed by atoms with Gasteiger partial charge in [-0.2, -0.15) is 0 Å². The molecule has 0 aliphatic carbocycles. The number of nitrogens with zero attached hydrogens (tertiary/aromatic N) is 1. The molecule has 1 rings (SSSR count). The number of ether oxygens (including phenoxy) is 1. The molecule has 0 saturated heterocycles. The van der Waals surface area contributed by atoms with Gasteiger partial charge in [-0.05, 0) is 6.07 Å². The fourth-order valence-electron chi connectivity index (χ4n) is 1.02. The number of nitrogens with one attached hydrogen (secondary N) is 1. The molecule has 1 N–H and O–H groups in total. The van der Waals surface area contributed by atoms with Crippen molar-refractivity contribution < 1.29 is 13.2 Å². The summed E-state index contributed by atoms with van der Waals surface area (Å²) in [6, 6.07) is 1.53. The van der Waals surface area contributed by atoms with Gasteiger partial charge >= 0.3 is 0 Å². The lowest BCUT2D eigenvalue weighted by molar-refractivity contribution is 0.409. The third-order valence-electron chi connectivity index (χ3n) is 1.60. The zero-order valence-electron chi connectivity index (χ0n) is 8.73. The van der Waals surface area contributed by atoms with E-state index in [1.807, 2.05) is 0 Å². The van der Waals surface area contributed by atoms with Gasteiger partial charge in [0.2, 0.25) is 10.0 Å². The van der Waals surface area contributed by atoms with Crippen LogP contribution in [0.4, 0.5) is 5.82 Å². The molecule has 0 amide bonds. The Labute approximate surface area is 106 Å². The topological polar surface area (TPSA) is 68.3 Å². The summed E-state index contributed by atoms with van der Waals surface area (Å²) in [5.74, 6) is 0.988. The van der Waals surface area contributed by atoms with Crippen molar-refractivity contribution in [3.63, 3.8) is 0 Å². The highest BCUT2D eigenvalue weighted by Gasteiger charge is 2.07. The number of alkyl halides is 1. The SMILES string of the molecule is COc1cnc(NS(C)(=O)=O)cc1CCl.Cl. The summed E-state index contributed by atoms with van der Waals surface area (Å²) in [4.78, 5) is 3.87. The minimum Gasteiger partial charge on any atom is -0.495 e. The van der Waals surface area contributed by atoms with E-state index in [9.17, 15) is 8.42 Å². The van der Waals surface area contributed by atoms with Crippen LogP contribution in [0.3, 0.4) is 0 Å². The third kappa shape index (κ3) is 4.42. The summed E-state index contributed by atoms with van der Waals surface area (Å²) >= 11 is 5.67. The molecule has 8 heteroatoms. The Morgan fingerprint density at radius 2 is 2.19 bits per heavy atom. The number of hydrogen-bond acceptors (Lipinski definition) is 4. The summed E-state index contributed by atoms with van der Waals surface area (Å²) in [5.41, 5.74) is 0.681. The van der Waals surface area contributed by atoms with Gasteiger partial charge in [-0.25, -0.2) is 13.4 Å². The number of anilines is 1. The minimum atomic E-state index is -3.32. The first-order valence-corrected chi connectivity index (χ1v) is 6.45. The van der Waals surface area contributed by atoms with Crippen molar-refractivity contribution in [2.24, 2.45) is 0 Å². The Kier molecular flexibility index (Phi) is 5.85. The van der Waals surface area contributed by atoms with Gasteiger partial charge in [0.05, 0.1) is 25.4 Å². The van der Waals surface area contributed by atoms with E-state index in [0.717, 1.165) is 6.26 Å². The lowest BCUT2D eigenvalue weighted by Crippen LogP contribution is -2.11. The van der Waals surface area contributed by atoms with E-state index >= 15 is 0 Å². The first kappa shape index (κ1) is 15.3. The number of halogens is 2. The lowest BCUT2D eigenvalue weighted by Gasteiger charge is -2.08. The molecule has 0 radical (unpaired) electrons. The highest BCUT2D eigenvalue weighted by Crippen LogP contribution is 2.21.